The maximum Gasteiger partial charge on any atom is 0.269 e. The number of nitro groups is 1. The van der Waals surface area contributed by atoms with Gasteiger partial charge in [0, 0.05) is 17.5 Å². The highest BCUT2D eigenvalue weighted by atomic mass is 16.6. The van der Waals surface area contributed by atoms with Gasteiger partial charge in [-0.1, -0.05) is 32.9 Å². The molecule has 0 bridgehead atoms. The number of hydrogen-bond acceptors (Lipinski definition) is 4. The predicted molar refractivity (Wildman–Crippen MR) is 76.4 cm³/mol. The second kappa shape index (κ2) is 5.27. The molecule has 0 spiro atoms. The highest BCUT2D eigenvalue weighted by Crippen LogP contribution is 2.39. The molecule has 0 radical (unpaired) electrons. The zero-order valence-electron chi connectivity index (χ0n) is 12.3. The minimum atomic E-state index is -0.616. The highest BCUT2D eigenvalue weighted by molar-refractivity contribution is 6.02. The molecule has 112 valence electrons. The van der Waals surface area contributed by atoms with Crippen LogP contribution >= 0.6 is 0 Å². The number of nitro benzene ring substituents is 1. The molecule has 1 heterocycles. The van der Waals surface area contributed by atoms with E-state index in [9.17, 15) is 19.7 Å². The largest absolute Gasteiger partial charge is 0.274 e. The van der Waals surface area contributed by atoms with Gasteiger partial charge in [0.1, 0.15) is 0 Å². The van der Waals surface area contributed by atoms with Gasteiger partial charge in [-0.15, -0.1) is 0 Å². The fraction of sp³-hybridized carbons (Fsp3) is 0.467. The molecule has 0 aliphatic carbocycles. The summed E-state index contributed by atoms with van der Waals surface area (Å²) in [7, 11) is 0. The number of hydrogen-bond donors (Lipinski definition) is 0. The van der Waals surface area contributed by atoms with E-state index in [2.05, 4.69) is 0 Å². The Morgan fingerprint density at radius 1 is 1.48 bits per heavy atom. The van der Waals surface area contributed by atoms with Crippen LogP contribution in [-0.2, 0) is 9.59 Å². The number of benzene rings is 1. The lowest BCUT2D eigenvalue weighted by molar-refractivity contribution is -0.385. The van der Waals surface area contributed by atoms with Crippen molar-refractivity contribution in [3.05, 3.63) is 39.9 Å². The normalized spacial score (nSPS) is 18.3. The Hall–Kier alpha value is -2.24. The molecule has 1 aromatic rings. The van der Waals surface area contributed by atoms with Gasteiger partial charge in [0.2, 0.25) is 11.8 Å². The molecule has 6 nitrogen and oxygen atoms in total. The van der Waals surface area contributed by atoms with Crippen molar-refractivity contribution >= 4 is 17.5 Å². The maximum absolute atomic E-state index is 12.5. The molecule has 2 rings (SSSR count). The highest BCUT2D eigenvalue weighted by Gasteiger charge is 2.46. The Labute approximate surface area is 122 Å². The number of rotatable bonds is 4. The minimum Gasteiger partial charge on any atom is -0.274 e. The summed E-state index contributed by atoms with van der Waals surface area (Å²) >= 11 is 0. The predicted octanol–water partition coefficient (Wildman–Crippen LogP) is 2.83. The first-order valence-corrected chi connectivity index (χ1v) is 6.88. The van der Waals surface area contributed by atoms with E-state index in [1.54, 1.807) is 26.0 Å². The molecule has 0 saturated carbocycles. The van der Waals surface area contributed by atoms with E-state index in [1.165, 1.54) is 17.0 Å². The van der Waals surface area contributed by atoms with Crippen LogP contribution in [0.5, 0.6) is 0 Å². The van der Waals surface area contributed by atoms with Crippen LogP contribution in [0.4, 0.5) is 5.69 Å². The quantitative estimate of drug-likeness (QED) is 0.485. The third kappa shape index (κ3) is 2.66. The minimum absolute atomic E-state index is 0.0333. The van der Waals surface area contributed by atoms with Gasteiger partial charge >= 0.3 is 0 Å². The van der Waals surface area contributed by atoms with E-state index in [0.717, 1.165) is 0 Å². The first-order valence-electron chi connectivity index (χ1n) is 6.88. The summed E-state index contributed by atoms with van der Waals surface area (Å²) in [4.78, 5) is 35.9. The van der Waals surface area contributed by atoms with Crippen LogP contribution in [0, 0.1) is 15.5 Å². The average molecular weight is 290 g/mol. The fourth-order valence-corrected chi connectivity index (χ4v) is 2.26. The lowest BCUT2D eigenvalue weighted by Gasteiger charge is -2.42. The number of non-ortho nitro benzene ring substituents is 1. The standard InChI is InChI=1S/C15H18N2O4/c1-4-15(2,3)14(19)16-12(9-13(16)18)10-6-5-7-11(8-10)17(20)21/h5-8,12H,4,9H2,1-3H3. The number of nitrogens with zero attached hydrogens (tertiary/aromatic N) is 2. The van der Waals surface area contributed by atoms with Crippen LogP contribution in [0.3, 0.4) is 0 Å². The van der Waals surface area contributed by atoms with Crippen molar-refractivity contribution in [1.29, 1.82) is 0 Å². The molecule has 21 heavy (non-hydrogen) atoms. The summed E-state index contributed by atoms with van der Waals surface area (Å²) in [5.74, 6) is -0.448. The molecular formula is C15H18N2O4. The van der Waals surface area contributed by atoms with E-state index < -0.39 is 16.4 Å². The molecule has 1 saturated heterocycles. The van der Waals surface area contributed by atoms with Crippen LogP contribution in [0.1, 0.15) is 45.2 Å². The summed E-state index contributed by atoms with van der Waals surface area (Å²) < 4.78 is 0. The molecule has 2 amide bonds. The molecule has 1 aromatic carbocycles. The molecule has 1 atom stereocenters. The second-order valence-corrected chi connectivity index (χ2v) is 5.88. The van der Waals surface area contributed by atoms with Crippen molar-refractivity contribution in [2.24, 2.45) is 5.41 Å². The van der Waals surface area contributed by atoms with Crippen LogP contribution < -0.4 is 0 Å². The maximum atomic E-state index is 12.5. The molecular weight excluding hydrogens is 272 g/mol. The van der Waals surface area contributed by atoms with Crippen molar-refractivity contribution in [3.8, 4) is 0 Å². The molecule has 1 aliphatic rings. The number of amides is 2. The van der Waals surface area contributed by atoms with Gasteiger partial charge < -0.3 is 0 Å². The lowest BCUT2D eigenvalue weighted by Crippen LogP contribution is -2.54. The molecule has 1 unspecified atom stereocenters. The number of β-lactam (4-membered cyclic amide) rings is 1. The first-order chi connectivity index (χ1) is 9.77. The van der Waals surface area contributed by atoms with Crippen molar-refractivity contribution in [3.63, 3.8) is 0 Å². The van der Waals surface area contributed by atoms with Crippen molar-refractivity contribution in [2.45, 2.75) is 39.7 Å². The number of carbonyl (C=O) groups excluding carboxylic acids is 2. The monoisotopic (exact) mass is 290 g/mol. The van der Waals surface area contributed by atoms with Gasteiger partial charge in [-0.25, -0.2) is 0 Å². The van der Waals surface area contributed by atoms with Gasteiger partial charge in [0.15, 0.2) is 0 Å². The van der Waals surface area contributed by atoms with Gasteiger partial charge in [-0.2, -0.15) is 0 Å². The Morgan fingerprint density at radius 2 is 2.14 bits per heavy atom. The zero-order valence-corrected chi connectivity index (χ0v) is 12.3. The van der Waals surface area contributed by atoms with E-state index >= 15 is 0 Å². The Bertz CT molecular complexity index is 609. The summed E-state index contributed by atoms with van der Waals surface area (Å²) in [6, 6.07) is 5.71. The summed E-state index contributed by atoms with van der Waals surface area (Å²) in [5.41, 5.74) is -0.0206. The zero-order chi connectivity index (χ0) is 15.8. The van der Waals surface area contributed by atoms with E-state index in [4.69, 9.17) is 0 Å². The summed E-state index contributed by atoms with van der Waals surface area (Å²) in [6.45, 7) is 5.49. The van der Waals surface area contributed by atoms with Gasteiger partial charge in [0.25, 0.3) is 5.69 Å². The number of imide groups is 1. The number of carbonyl (C=O) groups is 2. The molecule has 1 aliphatic heterocycles. The van der Waals surface area contributed by atoms with E-state index in [1.807, 2.05) is 6.92 Å². The topological polar surface area (TPSA) is 80.5 Å². The fourth-order valence-electron chi connectivity index (χ4n) is 2.26. The first kappa shape index (κ1) is 15.2. The number of likely N-dealkylation sites (tertiary alicyclic amines) is 1. The van der Waals surface area contributed by atoms with E-state index in [-0.39, 0.29) is 23.9 Å². The summed E-state index contributed by atoms with van der Waals surface area (Å²) in [5, 5.41) is 10.8. The van der Waals surface area contributed by atoms with Crippen molar-refractivity contribution in [2.75, 3.05) is 0 Å². The third-order valence-electron chi connectivity index (χ3n) is 4.10. The molecule has 1 fully saturated rings. The van der Waals surface area contributed by atoms with Crippen molar-refractivity contribution in [1.82, 2.24) is 4.90 Å². The Kier molecular flexibility index (Phi) is 3.80. The van der Waals surface area contributed by atoms with Crippen molar-refractivity contribution < 1.29 is 14.5 Å². The molecule has 6 heteroatoms. The summed E-state index contributed by atoms with van der Waals surface area (Å²) in [6.07, 6.45) is 0.837. The smallest absolute Gasteiger partial charge is 0.269 e. The second-order valence-electron chi connectivity index (χ2n) is 5.88. The Morgan fingerprint density at radius 3 is 2.67 bits per heavy atom. The van der Waals surface area contributed by atoms with E-state index in [0.29, 0.717) is 12.0 Å². The van der Waals surface area contributed by atoms with Crippen LogP contribution in [-0.4, -0.2) is 21.6 Å². The van der Waals surface area contributed by atoms with Crippen LogP contribution in [0.25, 0.3) is 0 Å². The Balaban J connectivity index is 2.29. The van der Waals surface area contributed by atoms with Gasteiger partial charge in [0.05, 0.1) is 17.4 Å². The SMILES string of the molecule is CCC(C)(C)C(=O)N1C(=O)CC1c1cccc([N+](=O)[O-])c1. The van der Waals surface area contributed by atoms with Gasteiger partial charge in [-0.05, 0) is 12.0 Å². The third-order valence-corrected chi connectivity index (χ3v) is 4.10. The molecule has 0 N–H and O–H groups in total. The van der Waals surface area contributed by atoms with Crippen LogP contribution in [0.15, 0.2) is 24.3 Å². The lowest BCUT2D eigenvalue weighted by atomic mass is 9.84. The van der Waals surface area contributed by atoms with Crippen LogP contribution in [0.2, 0.25) is 0 Å². The average Bonchev–Trinajstić information content (AvgIpc) is 2.44. The molecule has 0 aromatic heterocycles. The van der Waals surface area contributed by atoms with Gasteiger partial charge in [-0.3, -0.25) is 24.6 Å².